The fourth-order valence-electron chi connectivity index (χ4n) is 3.03. The molecule has 0 spiro atoms. The molecule has 24 heavy (non-hydrogen) atoms. The third-order valence-corrected chi connectivity index (χ3v) is 4.48. The van der Waals surface area contributed by atoms with E-state index < -0.39 is 12.1 Å². The largest absolute Gasteiger partial charge is 0.449 e. The van der Waals surface area contributed by atoms with Gasteiger partial charge < -0.3 is 14.8 Å². The molecule has 5 nitrogen and oxygen atoms in total. The number of hydrogen-bond donors (Lipinski definition) is 1. The lowest BCUT2D eigenvalue weighted by atomic mass is 9.84. The lowest BCUT2D eigenvalue weighted by Gasteiger charge is -2.22. The standard InChI is InChI=1S/C19H27NO4/c1-14(18(21)20-12-13-23-2)24-19(22)17-10-8-16(9-11-17)15-6-4-3-5-7-15/h8-11,14-15H,3-7,12-13H2,1-2H3,(H,20,21)/t14-/m1/s1. The number of rotatable bonds is 7. The topological polar surface area (TPSA) is 64.6 Å². The van der Waals surface area contributed by atoms with Gasteiger partial charge in [-0.15, -0.1) is 0 Å². The predicted molar refractivity (Wildman–Crippen MR) is 92.0 cm³/mol. The number of carbonyl (C=O) groups excluding carboxylic acids is 2. The third kappa shape index (κ3) is 5.34. The first-order valence-electron chi connectivity index (χ1n) is 8.69. The molecule has 1 N–H and O–H groups in total. The van der Waals surface area contributed by atoms with Gasteiger partial charge in [-0.1, -0.05) is 31.4 Å². The minimum atomic E-state index is -0.827. The molecule has 2 rings (SSSR count). The highest BCUT2D eigenvalue weighted by Crippen LogP contribution is 2.32. The number of esters is 1. The van der Waals surface area contributed by atoms with Crippen LogP contribution < -0.4 is 5.32 Å². The Kier molecular flexibility index (Phi) is 7.25. The van der Waals surface area contributed by atoms with Crippen molar-refractivity contribution in [3.8, 4) is 0 Å². The Balaban J connectivity index is 1.86. The first-order valence-corrected chi connectivity index (χ1v) is 8.69. The molecule has 5 heteroatoms. The van der Waals surface area contributed by atoms with Crippen LogP contribution in [0, 0.1) is 0 Å². The average Bonchev–Trinajstić information content (AvgIpc) is 2.62. The van der Waals surface area contributed by atoms with Gasteiger partial charge in [0.1, 0.15) is 0 Å². The van der Waals surface area contributed by atoms with Crippen molar-refractivity contribution >= 4 is 11.9 Å². The number of ether oxygens (including phenoxy) is 2. The van der Waals surface area contributed by atoms with Crippen molar-refractivity contribution in [1.82, 2.24) is 5.32 Å². The molecule has 0 aliphatic heterocycles. The SMILES string of the molecule is COCCNC(=O)[C@@H](C)OC(=O)c1ccc(C2CCCCC2)cc1. The Morgan fingerprint density at radius 1 is 1.17 bits per heavy atom. The first-order chi connectivity index (χ1) is 11.6. The summed E-state index contributed by atoms with van der Waals surface area (Å²) in [6.45, 7) is 2.39. The number of amides is 1. The molecule has 1 fully saturated rings. The van der Waals surface area contributed by atoms with E-state index in [1.807, 2.05) is 12.1 Å². The fraction of sp³-hybridized carbons (Fsp3) is 0.579. The Labute approximate surface area is 143 Å². The van der Waals surface area contributed by atoms with Crippen molar-refractivity contribution in [1.29, 1.82) is 0 Å². The Morgan fingerprint density at radius 2 is 1.83 bits per heavy atom. The molecule has 0 bridgehead atoms. The Bertz CT molecular complexity index is 535. The van der Waals surface area contributed by atoms with Gasteiger partial charge in [0, 0.05) is 13.7 Å². The second-order valence-electron chi connectivity index (χ2n) is 6.29. The molecule has 0 unspecified atom stereocenters. The molecule has 1 aliphatic carbocycles. The summed E-state index contributed by atoms with van der Waals surface area (Å²) in [5, 5.41) is 2.65. The summed E-state index contributed by atoms with van der Waals surface area (Å²) in [4.78, 5) is 24.0. The number of benzene rings is 1. The minimum absolute atomic E-state index is 0.320. The highest BCUT2D eigenvalue weighted by molar-refractivity contribution is 5.92. The molecule has 1 saturated carbocycles. The van der Waals surface area contributed by atoms with Gasteiger partial charge in [-0.2, -0.15) is 0 Å². The van der Waals surface area contributed by atoms with Crippen molar-refractivity contribution in [3.63, 3.8) is 0 Å². The summed E-state index contributed by atoms with van der Waals surface area (Å²) in [5.41, 5.74) is 1.77. The minimum Gasteiger partial charge on any atom is -0.449 e. The maximum Gasteiger partial charge on any atom is 0.338 e. The summed E-state index contributed by atoms with van der Waals surface area (Å²) in [6.07, 6.45) is 5.51. The van der Waals surface area contributed by atoms with Gasteiger partial charge in [0.05, 0.1) is 12.2 Å². The van der Waals surface area contributed by atoms with E-state index in [0.29, 0.717) is 24.6 Å². The third-order valence-electron chi connectivity index (χ3n) is 4.48. The number of hydrogen-bond acceptors (Lipinski definition) is 4. The molecule has 0 saturated heterocycles. The summed E-state index contributed by atoms with van der Waals surface area (Å²) in [6, 6.07) is 7.61. The molecular formula is C19H27NO4. The summed E-state index contributed by atoms with van der Waals surface area (Å²) in [7, 11) is 1.56. The monoisotopic (exact) mass is 333 g/mol. The van der Waals surface area contributed by atoms with E-state index in [1.54, 1.807) is 26.2 Å². The van der Waals surface area contributed by atoms with Gasteiger partial charge in [0.25, 0.3) is 5.91 Å². The smallest absolute Gasteiger partial charge is 0.338 e. The lowest BCUT2D eigenvalue weighted by Crippen LogP contribution is -2.37. The van der Waals surface area contributed by atoms with Crippen LogP contribution in [0.4, 0.5) is 0 Å². The number of nitrogens with one attached hydrogen (secondary N) is 1. The maximum atomic E-state index is 12.2. The van der Waals surface area contributed by atoms with Crippen LogP contribution in [0.5, 0.6) is 0 Å². The van der Waals surface area contributed by atoms with Gasteiger partial charge in [0.15, 0.2) is 6.10 Å². The van der Waals surface area contributed by atoms with E-state index in [-0.39, 0.29) is 5.91 Å². The van der Waals surface area contributed by atoms with E-state index in [4.69, 9.17) is 9.47 Å². The normalized spacial score (nSPS) is 16.4. The van der Waals surface area contributed by atoms with Crippen LogP contribution in [-0.4, -0.2) is 38.2 Å². The summed E-state index contributed by atoms with van der Waals surface area (Å²) in [5.74, 6) is -0.187. The van der Waals surface area contributed by atoms with Crippen LogP contribution in [0.1, 0.15) is 60.9 Å². The van der Waals surface area contributed by atoms with E-state index in [2.05, 4.69) is 5.32 Å². The van der Waals surface area contributed by atoms with E-state index >= 15 is 0 Å². The van der Waals surface area contributed by atoms with Crippen LogP contribution in [0.15, 0.2) is 24.3 Å². The second-order valence-corrected chi connectivity index (χ2v) is 6.29. The van der Waals surface area contributed by atoms with Crippen LogP contribution in [0.3, 0.4) is 0 Å². The quantitative estimate of drug-likeness (QED) is 0.615. The summed E-state index contributed by atoms with van der Waals surface area (Å²) < 4.78 is 10.1. The molecular weight excluding hydrogens is 306 g/mol. The van der Waals surface area contributed by atoms with Crippen molar-refractivity contribution in [2.24, 2.45) is 0 Å². The zero-order valence-corrected chi connectivity index (χ0v) is 14.5. The molecule has 0 aromatic heterocycles. The van der Waals surface area contributed by atoms with Gasteiger partial charge >= 0.3 is 5.97 Å². The zero-order valence-electron chi connectivity index (χ0n) is 14.5. The van der Waals surface area contributed by atoms with Gasteiger partial charge in [-0.25, -0.2) is 4.79 Å². The molecule has 1 amide bonds. The first kappa shape index (κ1) is 18.5. The van der Waals surface area contributed by atoms with Crippen molar-refractivity contribution in [2.75, 3.05) is 20.3 Å². The Hall–Kier alpha value is -1.88. The predicted octanol–water partition coefficient (Wildman–Crippen LogP) is 3.04. The maximum absolute atomic E-state index is 12.2. The van der Waals surface area contributed by atoms with Gasteiger partial charge in [-0.3, -0.25) is 4.79 Å². The number of carbonyl (C=O) groups is 2. The van der Waals surface area contributed by atoms with E-state index in [0.717, 1.165) is 0 Å². The molecule has 1 aromatic rings. The van der Waals surface area contributed by atoms with E-state index in [9.17, 15) is 9.59 Å². The van der Waals surface area contributed by atoms with Crippen LogP contribution in [0.2, 0.25) is 0 Å². The fourth-order valence-corrected chi connectivity index (χ4v) is 3.03. The zero-order chi connectivity index (χ0) is 17.4. The van der Waals surface area contributed by atoms with Crippen LogP contribution in [0.25, 0.3) is 0 Å². The van der Waals surface area contributed by atoms with Crippen molar-refractivity contribution in [3.05, 3.63) is 35.4 Å². The van der Waals surface area contributed by atoms with Crippen molar-refractivity contribution in [2.45, 2.75) is 51.0 Å². The average molecular weight is 333 g/mol. The van der Waals surface area contributed by atoms with E-state index in [1.165, 1.54) is 37.7 Å². The molecule has 1 aromatic carbocycles. The summed E-state index contributed by atoms with van der Waals surface area (Å²) >= 11 is 0. The van der Waals surface area contributed by atoms with Crippen LogP contribution in [-0.2, 0) is 14.3 Å². The Morgan fingerprint density at radius 3 is 2.46 bits per heavy atom. The molecule has 1 atom stereocenters. The second kappa shape index (κ2) is 9.42. The van der Waals surface area contributed by atoms with Gasteiger partial charge in [0.2, 0.25) is 0 Å². The molecule has 0 radical (unpaired) electrons. The van der Waals surface area contributed by atoms with Crippen LogP contribution >= 0.6 is 0 Å². The molecule has 0 heterocycles. The lowest BCUT2D eigenvalue weighted by molar-refractivity contribution is -0.129. The number of methoxy groups -OCH3 is 1. The molecule has 132 valence electrons. The molecule has 1 aliphatic rings. The highest BCUT2D eigenvalue weighted by Gasteiger charge is 2.19. The highest BCUT2D eigenvalue weighted by atomic mass is 16.5. The van der Waals surface area contributed by atoms with Gasteiger partial charge in [-0.05, 0) is 43.4 Å². The van der Waals surface area contributed by atoms with Crippen molar-refractivity contribution < 1.29 is 19.1 Å².